The Bertz CT molecular complexity index is 1550. The summed E-state index contributed by atoms with van der Waals surface area (Å²) in [5, 5.41) is 2.95. The van der Waals surface area contributed by atoms with Crippen molar-refractivity contribution >= 4 is 28.2 Å². The number of H-pyrrole nitrogens is 1. The van der Waals surface area contributed by atoms with Crippen LogP contribution in [0.3, 0.4) is 0 Å². The topological polar surface area (TPSA) is 107 Å². The monoisotopic (exact) mass is 481 g/mol. The van der Waals surface area contributed by atoms with E-state index in [0.29, 0.717) is 4.88 Å². The summed E-state index contributed by atoms with van der Waals surface area (Å²) in [5.74, 6) is -0.287. The Balaban J connectivity index is 1.30. The third-order valence-electron chi connectivity index (χ3n) is 6.28. The summed E-state index contributed by atoms with van der Waals surface area (Å²) in [7, 11) is 0. The Morgan fingerprint density at radius 2 is 1.94 bits per heavy atom. The minimum atomic E-state index is -0.287. The molecule has 1 saturated carbocycles. The van der Waals surface area contributed by atoms with Crippen LogP contribution in [0.5, 0.6) is 0 Å². The quantitative estimate of drug-likeness (QED) is 0.327. The largest absolute Gasteiger partial charge is 0.458 e. The molecule has 0 spiro atoms. The number of aryl methyl sites for hydroxylation is 1. The fourth-order valence-corrected chi connectivity index (χ4v) is 5.13. The number of carbonyl (C=O) groups is 1. The lowest BCUT2D eigenvalue weighted by molar-refractivity contribution is 0.00375. The van der Waals surface area contributed by atoms with Crippen molar-refractivity contribution in [3.8, 4) is 33.8 Å². The number of aromatic nitrogens is 4. The number of imidazole rings is 1. The highest BCUT2D eigenvalue weighted by Crippen LogP contribution is 2.33. The predicted molar refractivity (Wildman–Crippen MR) is 137 cm³/mol. The summed E-state index contributed by atoms with van der Waals surface area (Å²) in [6.45, 7) is 1.97. The van der Waals surface area contributed by atoms with Gasteiger partial charge in [0.1, 0.15) is 11.0 Å². The molecule has 4 aromatic heterocycles. The Kier molecular flexibility index (Phi) is 5.39. The molecule has 1 aliphatic carbocycles. The zero-order valence-corrected chi connectivity index (χ0v) is 19.9. The first-order valence-corrected chi connectivity index (χ1v) is 12.3. The molecule has 1 aliphatic rings. The molecule has 0 amide bonds. The molecule has 174 valence electrons. The highest BCUT2D eigenvalue weighted by molar-refractivity contribution is 7.12. The van der Waals surface area contributed by atoms with Crippen LogP contribution >= 0.6 is 11.3 Å². The van der Waals surface area contributed by atoms with Gasteiger partial charge in [-0.1, -0.05) is 12.1 Å². The van der Waals surface area contributed by atoms with Crippen molar-refractivity contribution < 1.29 is 9.53 Å². The number of nitrogens with two attached hydrogens (primary N) is 1. The highest BCUT2D eigenvalue weighted by atomic mass is 32.1. The molecule has 5 aromatic rings. The van der Waals surface area contributed by atoms with Gasteiger partial charge in [-0.3, -0.25) is 9.97 Å². The zero-order valence-electron chi connectivity index (χ0n) is 19.1. The minimum Gasteiger partial charge on any atom is -0.458 e. The fourth-order valence-electron chi connectivity index (χ4n) is 4.33. The third-order valence-corrected chi connectivity index (χ3v) is 7.19. The van der Waals surface area contributed by atoms with E-state index < -0.39 is 0 Å². The number of thiophene rings is 1. The van der Waals surface area contributed by atoms with Crippen molar-refractivity contribution in [3.63, 3.8) is 0 Å². The van der Waals surface area contributed by atoms with Gasteiger partial charge < -0.3 is 15.5 Å². The van der Waals surface area contributed by atoms with Gasteiger partial charge in [-0.25, -0.2) is 9.78 Å². The number of hydrogen-bond donors (Lipinski definition) is 2. The van der Waals surface area contributed by atoms with Crippen LogP contribution in [0.4, 0.5) is 0 Å². The summed E-state index contributed by atoms with van der Waals surface area (Å²) in [6.07, 6.45) is 4.93. The van der Waals surface area contributed by atoms with Crippen molar-refractivity contribution in [2.45, 2.75) is 31.9 Å². The molecule has 0 atom stereocenters. The van der Waals surface area contributed by atoms with Crippen LogP contribution in [-0.2, 0) is 4.74 Å². The molecule has 1 fully saturated rings. The van der Waals surface area contributed by atoms with Crippen molar-refractivity contribution in [2.75, 3.05) is 0 Å². The van der Waals surface area contributed by atoms with Gasteiger partial charge in [0.2, 0.25) is 0 Å². The van der Waals surface area contributed by atoms with Crippen LogP contribution in [0.25, 0.3) is 44.7 Å². The SMILES string of the molecule is Cc1cccc(-c2[nH]cnc2-c2ccc3ncc(-c4csc(C(=O)OC5CC(N)C5)c4)cc3c2)n1. The lowest BCUT2D eigenvalue weighted by Crippen LogP contribution is -2.42. The number of fused-ring (bicyclic) bond motifs is 1. The molecule has 0 bridgehead atoms. The smallest absolute Gasteiger partial charge is 0.348 e. The maximum absolute atomic E-state index is 12.5. The number of pyridine rings is 2. The first-order chi connectivity index (χ1) is 17.0. The summed E-state index contributed by atoms with van der Waals surface area (Å²) in [6, 6.07) is 16.1. The summed E-state index contributed by atoms with van der Waals surface area (Å²) >= 11 is 1.38. The van der Waals surface area contributed by atoms with E-state index in [9.17, 15) is 4.79 Å². The van der Waals surface area contributed by atoms with Gasteiger partial charge in [-0.05, 0) is 67.1 Å². The standard InChI is InChI=1S/C27H23N5O2S/c1-15-3-2-4-23(32-15)26-25(30-14-31-26)16-5-6-22-17(7-16)8-18(12-29-22)19-9-24(35-13-19)27(33)34-21-10-20(28)11-21/h2-9,12-14,20-21H,10-11,28H2,1H3,(H,30,31). The van der Waals surface area contributed by atoms with Gasteiger partial charge in [-0.2, -0.15) is 0 Å². The number of hydrogen-bond acceptors (Lipinski definition) is 7. The number of rotatable bonds is 5. The number of nitrogens with zero attached hydrogens (tertiary/aromatic N) is 3. The second kappa shape index (κ2) is 8.72. The number of benzene rings is 1. The number of esters is 1. The van der Waals surface area contributed by atoms with Crippen LogP contribution in [0.1, 0.15) is 28.2 Å². The maximum Gasteiger partial charge on any atom is 0.348 e. The van der Waals surface area contributed by atoms with E-state index in [4.69, 9.17) is 10.5 Å². The Morgan fingerprint density at radius 3 is 2.77 bits per heavy atom. The molecule has 35 heavy (non-hydrogen) atoms. The lowest BCUT2D eigenvalue weighted by atomic mass is 9.90. The van der Waals surface area contributed by atoms with Crippen LogP contribution in [0.2, 0.25) is 0 Å². The molecule has 0 saturated heterocycles. The van der Waals surface area contributed by atoms with Crippen LogP contribution in [0, 0.1) is 6.92 Å². The van der Waals surface area contributed by atoms with E-state index in [1.165, 1.54) is 11.3 Å². The Labute approximate surface area is 206 Å². The molecule has 0 aliphatic heterocycles. The Morgan fingerprint density at radius 1 is 1.09 bits per heavy atom. The van der Waals surface area contributed by atoms with E-state index in [0.717, 1.165) is 63.2 Å². The third kappa shape index (κ3) is 4.22. The lowest BCUT2D eigenvalue weighted by Gasteiger charge is -2.31. The second-order valence-electron chi connectivity index (χ2n) is 8.88. The second-order valence-corrected chi connectivity index (χ2v) is 9.79. The molecule has 3 N–H and O–H groups in total. The predicted octanol–water partition coefficient (Wildman–Crippen LogP) is 5.37. The average molecular weight is 482 g/mol. The number of ether oxygens (including phenoxy) is 1. The van der Waals surface area contributed by atoms with Gasteiger partial charge in [0.05, 0.1) is 28.9 Å². The van der Waals surface area contributed by atoms with E-state index in [2.05, 4.69) is 32.1 Å². The maximum atomic E-state index is 12.5. The molecular formula is C27H23N5O2S. The van der Waals surface area contributed by atoms with Crippen LogP contribution in [0.15, 0.2) is 66.4 Å². The highest BCUT2D eigenvalue weighted by Gasteiger charge is 2.30. The zero-order chi connectivity index (χ0) is 23.9. The normalized spacial score (nSPS) is 17.3. The van der Waals surface area contributed by atoms with Crippen molar-refractivity contribution in [1.82, 2.24) is 19.9 Å². The van der Waals surface area contributed by atoms with Gasteiger partial charge in [0.15, 0.2) is 0 Å². The summed E-state index contributed by atoms with van der Waals surface area (Å²) < 4.78 is 5.54. The average Bonchev–Trinajstić information content (AvgIpc) is 3.53. The van der Waals surface area contributed by atoms with Crippen LogP contribution in [-0.4, -0.2) is 38.1 Å². The molecular weight excluding hydrogens is 458 g/mol. The van der Waals surface area contributed by atoms with E-state index in [1.54, 1.807) is 6.33 Å². The van der Waals surface area contributed by atoms with Gasteiger partial charge in [0.25, 0.3) is 0 Å². The van der Waals surface area contributed by atoms with Gasteiger partial charge >= 0.3 is 5.97 Å². The minimum absolute atomic E-state index is 0.0641. The molecule has 0 unspecified atom stereocenters. The van der Waals surface area contributed by atoms with Gasteiger partial charge in [0, 0.05) is 34.4 Å². The fraction of sp³-hybridized carbons (Fsp3) is 0.185. The first kappa shape index (κ1) is 21.6. The van der Waals surface area contributed by atoms with Crippen LogP contribution < -0.4 is 5.73 Å². The number of carbonyl (C=O) groups excluding carboxylic acids is 1. The number of nitrogens with one attached hydrogen (secondary N) is 1. The van der Waals surface area contributed by atoms with E-state index >= 15 is 0 Å². The van der Waals surface area contributed by atoms with E-state index in [-0.39, 0.29) is 18.1 Å². The van der Waals surface area contributed by atoms with Crippen molar-refractivity contribution in [1.29, 1.82) is 0 Å². The van der Waals surface area contributed by atoms with Crippen molar-refractivity contribution in [3.05, 3.63) is 77.0 Å². The molecule has 1 aromatic carbocycles. The van der Waals surface area contributed by atoms with Crippen molar-refractivity contribution in [2.24, 2.45) is 5.73 Å². The molecule has 6 rings (SSSR count). The molecule has 8 heteroatoms. The number of aromatic amines is 1. The first-order valence-electron chi connectivity index (χ1n) is 11.5. The molecule has 7 nitrogen and oxygen atoms in total. The molecule has 4 heterocycles. The van der Waals surface area contributed by atoms with Gasteiger partial charge in [-0.15, -0.1) is 11.3 Å². The summed E-state index contributed by atoms with van der Waals surface area (Å²) in [4.78, 5) is 30.1. The summed E-state index contributed by atoms with van der Waals surface area (Å²) in [5.41, 5.74) is 13.1. The van der Waals surface area contributed by atoms with E-state index in [1.807, 2.05) is 54.9 Å². The molecule has 0 radical (unpaired) electrons. The Hall–Kier alpha value is -3.88.